The summed E-state index contributed by atoms with van der Waals surface area (Å²) in [7, 11) is 0. The first kappa shape index (κ1) is 61.3. The van der Waals surface area contributed by atoms with Crippen LogP contribution in [0.2, 0.25) is 0 Å². The minimum atomic E-state index is -1.66. The third-order valence-electron chi connectivity index (χ3n) is 12.9. The molecule has 1 fully saturated rings. The van der Waals surface area contributed by atoms with Crippen LogP contribution < -0.4 is 5.32 Å². The zero-order valence-corrected chi connectivity index (χ0v) is 41.5. The van der Waals surface area contributed by atoms with Gasteiger partial charge in [0.05, 0.1) is 25.4 Å². The van der Waals surface area contributed by atoms with Crippen LogP contribution in [0.3, 0.4) is 0 Å². The van der Waals surface area contributed by atoms with Crippen molar-refractivity contribution in [1.29, 1.82) is 0 Å². The van der Waals surface area contributed by atoms with Crippen LogP contribution in [0, 0.1) is 0 Å². The molecular formula is C54H101NO10. The topological polar surface area (TPSA) is 189 Å². The molecule has 11 nitrogen and oxygen atoms in total. The van der Waals surface area contributed by atoms with Gasteiger partial charge >= 0.3 is 0 Å². The highest BCUT2D eigenvalue weighted by Crippen LogP contribution is 2.23. The monoisotopic (exact) mass is 924 g/mol. The summed E-state index contributed by atoms with van der Waals surface area (Å²) >= 11 is 0. The van der Waals surface area contributed by atoms with E-state index < -0.39 is 74.2 Å². The molecule has 8 N–H and O–H groups in total. The predicted octanol–water partition coefficient (Wildman–Crippen LogP) is 10.3. The molecule has 0 spiro atoms. The largest absolute Gasteiger partial charge is 0.394 e. The van der Waals surface area contributed by atoms with Crippen LogP contribution in [0.5, 0.6) is 0 Å². The van der Waals surface area contributed by atoms with Crippen molar-refractivity contribution in [2.24, 2.45) is 0 Å². The van der Waals surface area contributed by atoms with Crippen LogP contribution in [-0.4, -0.2) is 110 Å². The summed E-state index contributed by atoms with van der Waals surface area (Å²) in [6.07, 6.45) is 41.4. The maximum atomic E-state index is 13.0. The summed E-state index contributed by atoms with van der Waals surface area (Å²) in [5.74, 6) is -0.710. The molecule has 65 heavy (non-hydrogen) atoms. The Balaban J connectivity index is 2.13. The van der Waals surface area contributed by atoms with Gasteiger partial charge in [-0.2, -0.15) is 0 Å². The van der Waals surface area contributed by atoms with Gasteiger partial charge in [-0.15, -0.1) is 0 Å². The van der Waals surface area contributed by atoms with Gasteiger partial charge in [0.2, 0.25) is 5.91 Å². The summed E-state index contributed by atoms with van der Waals surface area (Å²) < 4.78 is 11.0. The minimum Gasteiger partial charge on any atom is -0.394 e. The molecule has 1 aliphatic heterocycles. The summed E-state index contributed by atoms with van der Waals surface area (Å²) in [6.45, 7) is 3.30. The molecule has 0 aromatic heterocycles. The molecule has 0 saturated carbocycles. The Morgan fingerprint density at radius 1 is 0.538 bits per heavy atom. The summed E-state index contributed by atoms with van der Waals surface area (Å²) in [4.78, 5) is 13.0. The maximum Gasteiger partial charge on any atom is 0.249 e. The lowest BCUT2D eigenvalue weighted by atomic mass is 9.98. The van der Waals surface area contributed by atoms with Crippen LogP contribution in [0.15, 0.2) is 36.5 Å². The van der Waals surface area contributed by atoms with Gasteiger partial charge in [0.25, 0.3) is 0 Å². The Labute approximate surface area is 397 Å². The number of carbonyl (C=O) groups is 1. The summed E-state index contributed by atoms with van der Waals surface area (Å²) in [5.41, 5.74) is 0. The van der Waals surface area contributed by atoms with Crippen LogP contribution in [0.1, 0.15) is 232 Å². The van der Waals surface area contributed by atoms with E-state index in [2.05, 4.69) is 49.5 Å². The van der Waals surface area contributed by atoms with Gasteiger partial charge in [-0.1, -0.05) is 204 Å². The maximum absolute atomic E-state index is 13.0. The highest BCUT2D eigenvalue weighted by atomic mass is 16.7. The van der Waals surface area contributed by atoms with E-state index in [0.717, 1.165) is 44.9 Å². The Hall–Kier alpha value is -1.67. The molecule has 1 saturated heterocycles. The second-order valence-electron chi connectivity index (χ2n) is 18.9. The van der Waals surface area contributed by atoms with E-state index in [9.17, 15) is 40.5 Å². The van der Waals surface area contributed by atoms with E-state index in [-0.39, 0.29) is 12.8 Å². The zero-order chi connectivity index (χ0) is 47.6. The highest BCUT2D eigenvalue weighted by Gasteiger charge is 2.44. The van der Waals surface area contributed by atoms with Gasteiger partial charge < -0.3 is 50.5 Å². The van der Waals surface area contributed by atoms with E-state index in [4.69, 9.17) is 9.47 Å². The van der Waals surface area contributed by atoms with Crippen LogP contribution >= 0.6 is 0 Å². The molecule has 9 unspecified atom stereocenters. The number of ether oxygens (including phenoxy) is 2. The van der Waals surface area contributed by atoms with E-state index >= 15 is 0 Å². The average molecular weight is 924 g/mol. The Morgan fingerprint density at radius 3 is 1.48 bits per heavy atom. The lowest BCUT2D eigenvalue weighted by molar-refractivity contribution is -0.303. The fourth-order valence-electron chi connectivity index (χ4n) is 8.48. The second-order valence-corrected chi connectivity index (χ2v) is 18.9. The van der Waals surface area contributed by atoms with Gasteiger partial charge in [-0.25, -0.2) is 0 Å². The lowest BCUT2D eigenvalue weighted by Gasteiger charge is -2.40. The van der Waals surface area contributed by atoms with Crippen LogP contribution in [0.25, 0.3) is 0 Å². The van der Waals surface area contributed by atoms with Gasteiger partial charge in [0, 0.05) is 0 Å². The molecule has 11 heteroatoms. The molecule has 0 aliphatic carbocycles. The molecule has 0 radical (unpaired) electrons. The minimum absolute atomic E-state index is 0.254. The van der Waals surface area contributed by atoms with Gasteiger partial charge in [0.15, 0.2) is 6.29 Å². The van der Waals surface area contributed by atoms with Crippen molar-refractivity contribution in [2.45, 2.75) is 287 Å². The SMILES string of the molecule is CCC/C=C/CCCC(O)C(O)C(COC1OC(CO)C(O)C(O)C1O)NC(=O)C(O)CCCCCCCCCCCCCCCCCC/C=C\C/C=C\CCCCCCCCCCC. The normalized spacial score (nSPS) is 21.2. The highest BCUT2D eigenvalue weighted by molar-refractivity contribution is 5.80. The quantitative estimate of drug-likeness (QED) is 0.0216. The first-order valence-corrected chi connectivity index (χ1v) is 26.9. The fourth-order valence-corrected chi connectivity index (χ4v) is 8.48. The molecule has 1 amide bonds. The Bertz CT molecular complexity index is 1150. The van der Waals surface area contributed by atoms with E-state index in [1.807, 2.05) is 6.08 Å². The molecular weight excluding hydrogens is 823 g/mol. The van der Waals surface area contributed by atoms with Crippen LogP contribution in [-0.2, 0) is 14.3 Å². The molecule has 0 bridgehead atoms. The van der Waals surface area contributed by atoms with Crippen molar-refractivity contribution in [2.75, 3.05) is 13.2 Å². The van der Waals surface area contributed by atoms with Crippen molar-refractivity contribution in [3.05, 3.63) is 36.5 Å². The number of allylic oxidation sites excluding steroid dienone is 6. The van der Waals surface area contributed by atoms with E-state index in [1.165, 1.54) is 148 Å². The number of carbonyl (C=O) groups excluding carboxylic acids is 1. The van der Waals surface area contributed by atoms with Crippen molar-refractivity contribution < 1.29 is 50.0 Å². The zero-order valence-electron chi connectivity index (χ0n) is 41.5. The molecule has 0 aromatic rings. The number of hydrogen-bond donors (Lipinski definition) is 8. The number of amides is 1. The van der Waals surface area contributed by atoms with Crippen molar-refractivity contribution in [1.82, 2.24) is 5.32 Å². The number of aliphatic hydroxyl groups is 7. The van der Waals surface area contributed by atoms with Crippen LogP contribution in [0.4, 0.5) is 0 Å². The summed E-state index contributed by atoms with van der Waals surface area (Å²) in [6, 6.07) is -1.18. The number of rotatable bonds is 45. The summed E-state index contributed by atoms with van der Waals surface area (Å²) in [5, 5.41) is 75.3. The third kappa shape index (κ3) is 32.7. The Kier molecular flexibility index (Phi) is 41.1. The van der Waals surface area contributed by atoms with Crippen molar-refractivity contribution in [3.63, 3.8) is 0 Å². The number of unbranched alkanes of at least 4 members (excludes halogenated alkanes) is 27. The van der Waals surface area contributed by atoms with Crippen molar-refractivity contribution in [3.8, 4) is 0 Å². The van der Waals surface area contributed by atoms with Gasteiger partial charge in [0.1, 0.15) is 36.6 Å². The first-order valence-electron chi connectivity index (χ1n) is 26.9. The smallest absolute Gasteiger partial charge is 0.249 e. The lowest BCUT2D eigenvalue weighted by Crippen LogP contribution is -2.60. The van der Waals surface area contributed by atoms with Crippen molar-refractivity contribution >= 4 is 5.91 Å². The molecule has 9 atom stereocenters. The van der Waals surface area contributed by atoms with Gasteiger partial charge in [-0.05, 0) is 64.2 Å². The first-order chi connectivity index (χ1) is 31.7. The van der Waals surface area contributed by atoms with Gasteiger partial charge in [-0.3, -0.25) is 4.79 Å². The Morgan fingerprint density at radius 2 is 0.985 bits per heavy atom. The molecule has 1 heterocycles. The number of hydrogen-bond acceptors (Lipinski definition) is 10. The molecule has 382 valence electrons. The number of nitrogens with one attached hydrogen (secondary N) is 1. The molecule has 1 aliphatic rings. The molecule has 0 aromatic carbocycles. The van der Waals surface area contributed by atoms with E-state index in [1.54, 1.807) is 0 Å². The standard InChI is InChI=1S/C54H101NO10/c1-3-5-7-9-11-12-13-14-15-16-17-18-19-20-21-22-23-24-25-26-27-28-29-30-31-32-33-34-35-36-38-40-42-47(58)53(63)55-45(49(59)46(57)41-39-37-10-8-6-4-2)44-64-54-52(62)51(61)50(60)48(43-56)65-54/h8,10,17-18,20-21,45-52,54,56-62H,3-7,9,11-16,19,22-44H2,1-2H3,(H,55,63)/b10-8+,18-17-,21-20-. The van der Waals surface area contributed by atoms with E-state index in [0.29, 0.717) is 12.8 Å². The third-order valence-corrected chi connectivity index (χ3v) is 12.9. The fraction of sp³-hybridized carbons (Fsp3) is 0.870. The molecule has 1 rings (SSSR count). The number of aliphatic hydroxyl groups excluding tert-OH is 7. The average Bonchev–Trinajstić information content (AvgIpc) is 3.31. The second kappa shape index (κ2) is 43.6. The predicted molar refractivity (Wildman–Crippen MR) is 265 cm³/mol.